The second-order valence-electron chi connectivity index (χ2n) is 22.5. The van der Waals surface area contributed by atoms with Gasteiger partial charge < -0.3 is 25.7 Å². The van der Waals surface area contributed by atoms with Gasteiger partial charge in [-0.15, -0.1) is 0 Å². The van der Waals surface area contributed by atoms with E-state index < -0.39 is 36.9 Å². The highest BCUT2D eigenvalue weighted by Gasteiger charge is 2.28. The van der Waals surface area contributed by atoms with Crippen LogP contribution in [0.3, 0.4) is 0 Å². The highest BCUT2D eigenvalue weighted by atomic mass is 16.3. The van der Waals surface area contributed by atoms with Gasteiger partial charge in [0.2, 0.25) is 5.91 Å². The number of nitrogens with one attached hydrogen (secondary N) is 1. The van der Waals surface area contributed by atoms with E-state index in [1.54, 1.807) is 0 Å². The summed E-state index contributed by atoms with van der Waals surface area (Å²) >= 11 is 0. The molecule has 4 unspecified atom stereocenters. The van der Waals surface area contributed by atoms with Crippen LogP contribution >= 0.6 is 0 Å². The molecule has 0 heterocycles. The second kappa shape index (κ2) is 58.2. The van der Waals surface area contributed by atoms with Crippen LogP contribution in [-0.4, -0.2) is 57.3 Å². The largest absolute Gasteiger partial charge is 0.394 e. The first-order chi connectivity index (χ1) is 34.0. The molecule has 414 valence electrons. The normalized spacial score (nSPS) is 13.5. The number of amides is 1. The Morgan fingerprint density at radius 1 is 0.304 bits per heavy atom. The molecule has 0 fully saturated rings. The summed E-state index contributed by atoms with van der Waals surface area (Å²) in [6.45, 7) is 4.10. The summed E-state index contributed by atoms with van der Waals surface area (Å²) in [4.78, 5) is 12.6. The second-order valence-corrected chi connectivity index (χ2v) is 22.5. The van der Waals surface area contributed by atoms with Gasteiger partial charge in [0.15, 0.2) is 0 Å². The first kappa shape index (κ1) is 68.3. The van der Waals surface area contributed by atoms with Gasteiger partial charge in [0.25, 0.3) is 0 Å². The third kappa shape index (κ3) is 52.0. The fourth-order valence-electron chi connectivity index (χ4n) is 10.6. The van der Waals surface area contributed by atoms with Crippen LogP contribution < -0.4 is 5.32 Å². The van der Waals surface area contributed by atoms with Gasteiger partial charge in [0, 0.05) is 0 Å². The van der Waals surface area contributed by atoms with E-state index in [0.717, 1.165) is 38.5 Å². The maximum atomic E-state index is 12.6. The lowest BCUT2D eigenvalue weighted by atomic mass is 9.99. The van der Waals surface area contributed by atoms with E-state index in [1.807, 2.05) is 0 Å². The predicted octanol–water partition coefficient (Wildman–Crippen LogP) is 19.0. The Kier molecular flexibility index (Phi) is 57.6. The first-order valence-electron chi connectivity index (χ1n) is 31.9. The molecule has 0 spiro atoms. The van der Waals surface area contributed by atoms with Crippen LogP contribution in [0.15, 0.2) is 0 Å². The number of aliphatic hydroxyl groups excluding tert-OH is 4. The number of hydrogen-bond acceptors (Lipinski definition) is 5. The van der Waals surface area contributed by atoms with Gasteiger partial charge in [-0.3, -0.25) is 4.79 Å². The van der Waals surface area contributed by atoms with Gasteiger partial charge in [-0.2, -0.15) is 0 Å². The molecule has 0 bridgehead atoms. The lowest BCUT2D eigenvalue weighted by Crippen LogP contribution is -2.53. The number of unbranched alkanes of at least 4 members (excludes halogenated alkanes) is 51. The minimum absolute atomic E-state index is 0.376. The molecule has 0 aromatic heterocycles. The van der Waals surface area contributed by atoms with E-state index in [4.69, 9.17) is 0 Å². The Morgan fingerprint density at radius 3 is 0.696 bits per heavy atom. The lowest BCUT2D eigenvalue weighted by molar-refractivity contribution is -0.132. The van der Waals surface area contributed by atoms with Crippen molar-refractivity contribution in [2.45, 2.75) is 391 Å². The third-order valence-electron chi connectivity index (χ3n) is 15.6. The van der Waals surface area contributed by atoms with Crippen molar-refractivity contribution >= 4 is 5.91 Å². The third-order valence-corrected chi connectivity index (χ3v) is 15.6. The predicted molar refractivity (Wildman–Crippen MR) is 302 cm³/mol. The molecule has 6 nitrogen and oxygen atoms in total. The molecule has 5 N–H and O–H groups in total. The van der Waals surface area contributed by atoms with Gasteiger partial charge in [-0.1, -0.05) is 354 Å². The van der Waals surface area contributed by atoms with Crippen molar-refractivity contribution in [2.24, 2.45) is 0 Å². The summed E-state index contributed by atoms with van der Waals surface area (Å²) in [6, 6.07) is -0.980. The molecule has 0 radical (unpaired) electrons. The molecule has 0 aliphatic carbocycles. The average Bonchev–Trinajstić information content (AvgIpc) is 3.35. The van der Waals surface area contributed by atoms with Crippen molar-refractivity contribution in [2.75, 3.05) is 6.61 Å². The Morgan fingerprint density at radius 2 is 0.493 bits per heavy atom. The molecule has 0 aliphatic heterocycles. The summed E-state index contributed by atoms with van der Waals surface area (Å²) < 4.78 is 0. The van der Waals surface area contributed by atoms with Crippen molar-refractivity contribution in [1.82, 2.24) is 5.32 Å². The van der Waals surface area contributed by atoms with Crippen LogP contribution in [0.4, 0.5) is 0 Å². The molecule has 0 rings (SSSR count). The smallest absolute Gasteiger partial charge is 0.249 e. The van der Waals surface area contributed by atoms with Crippen molar-refractivity contribution in [3.8, 4) is 0 Å². The summed E-state index contributed by atoms with van der Waals surface area (Å²) in [5, 5.41) is 44.0. The quantitative estimate of drug-likeness (QED) is 0.0390. The monoisotopic (exact) mass is 978 g/mol. The topological polar surface area (TPSA) is 110 Å². The number of hydrogen-bond donors (Lipinski definition) is 5. The molecular weight excluding hydrogens is 851 g/mol. The van der Waals surface area contributed by atoms with E-state index in [0.29, 0.717) is 12.8 Å². The van der Waals surface area contributed by atoms with Crippen LogP contribution in [0.1, 0.15) is 367 Å². The fourth-order valence-corrected chi connectivity index (χ4v) is 10.6. The molecule has 4 atom stereocenters. The number of rotatable bonds is 60. The first-order valence-corrected chi connectivity index (χ1v) is 31.9. The summed E-state index contributed by atoms with van der Waals surface area (Å²) in [6.07, 6.45) is 69.4. The zero-order chi connectivity index (χ0) is 50.2. The standard InChI is InChI=1S/C63H127NO5/c1-3-5-7-9-11-13-15-17-19-20-21-22-23-24-25-26-27-28-29-30-31-32-33-34-35-36-37-38-39-40-41-43-45-47-49-51-53-55-57-61(67)63(69)64-59(58-65)62(68)60(66)56-54-52-50-48-46-44-42-18-16-14-12-10-8-6-4-2/h59-62,65-68H,3-58H2,1-2H3,(H,64,69). The summed E-state index contributed by atoms with van der Waals surface area (Å²) in [5.41, 5.74) is 0. The Bertz CT molecular complexity index is 964. The van der Waals surface area contributed by atoms with Gasteiger partial charge in [0.1, 0.15) is 12.2 Å². The van der Waals surface area contributed by atoms with E-state index >= 15 is 0 Å². The Hall–Kier alpha value is -0.690. The van der Waals surface area contributed by atoms with Crippen LogP contribution in [0.25, 0.3) is 0 Å². The van der Waals surface area contributed by atoms with Crippen molar-refractivity contribution in [1.29, 1.82) is 0 Å². The molecule has 0 aliphatic rings. The van der Waals surface area contributed by atoms with Gasteiger partial charge in [-0.05, 0) is 12.8 Å². The zero-order valence-electron chi connectivity index (χ0n) is 47.1. The highest BCUT2D eigenvalue weighted by Crippen LogP contribution is 2.20. The van der Waals surface area contributed by atoms with Crippen molar-refractivity contribution < 1.29 is 25.2 Å². The summed E-state index contributed by atoms with van der Waals surface area (Å²) in [5.74, 6) is -0.575. The van der Waals surface area contributed by atoms with Crippen LogP contribution in [0.2, 0.25) is 0 Å². The molecule has 0 saturated carbocycles. The number of aliphatic hydroxyl groups is 4. The Balaban J connectivity index is 3.45. The molecular formula is C63H127NO5. The van der Waals surface area contributed by atoms with Crippen molar-refractivity contribution in [3.05, 3.63) is 0 Å². The number of carbonyl (C=O) groups excluding carboxylic acids is 1. The SMILES string of the molecule is CCCCCCCCCCCCCCCCCCCCCCCCCCCCCCCCCCCCCCCCC(O)C(=O)NC(CO)C(O)C(O)CCCCCCCCCCCCCCCCC. The molecule has 6 heteroatoms. The van der Waals surface area contributed by atoms with Crippen LogP contribution in [0.5, 0.6) is 0 Å². The van der Waals surface area contributed by atoms with Gasteiger partial charge in [-0.25, -0.2) is 0 Å². The Labute approximate surface area is 432 Å². The molecule has 0 saturated heterocycles. The fraction of sp³-hybridized carbons (Fsp3) is 0.984. The minimum atomic E-state index is -1.25. The summed E-state index contributed by atoms with van der Waals surface area (Å²) in [7, 11) is 0. The average molecular weight is 979 g/mol. The zero-order valence-corrected chi connectivity index (χ0v) is 47.1. The van der Waals surface area contributed by atoms with E-state index in [2.05, 4.69) is 19.2 Å². The molecule has 0 aromatic carbocycles. The number of carbonyl (C=O) groups is 1. The molecule has 0 aromatic rings. The maximum absolute atomic E-state index is 12.6. The van der Waals surface area contributed by atoms with Gasteiger partial charge >= 0.3 is 0 Å². The minimum Gasteiger partial charge on any atom is -0.394 e. The van der Waals surface area contributed by atoms with E-state index in [1.165, 1.54) is 302 Å². The van der Waals surface area contributed by atoms with E-state index in [9.17, 15) is 25.2 Å². The van der Waals surface area contributed by atoms with Crippen LogP contribution in [-0.2, 0) is 4.79 Å². The van der Waals surface area contributed by atoms with E-state index in [-0.39, 0.29) is 0 Å². The maximum Gasteiger partial charge on any atom is 0.249 e. The van der Waals surface area contributed by atoms with Crippen LogP contribution in [0, 0.1) is 0 Å². The van der Waals surface area contributed by atoms with Gasteiger partial charge in [0.05, 0.1) is 18.8 Å². The lowest BCUT2D eigenvalue weighted by Gasteiger charge is -2.27. The molecule has 69 heavy (non-hydrogen) atoms. The van der Waals surface area contributed by atoms with Crippen molar-refractivity contribution in [3.63, 3.8) is 0 Å². The molecule has 1 amide bonds. The highest BCUT2D eigenvalue weighted by molar-refractivity contribution is 5.80.